The SMILES string of the molecule is Cc1cc(C2=N[C@H](C)CO2)[c-]c(-n2c3[c-]c(-n4c5ccc(C)cc5c5cccnc54)ccc3c3cc(C)ccc32)c1.[Pt+2]. The maximum atomic E-state index is 5.92. The van der Waals surface area contributed by atoms with Crippen LogP contribution < -0.4 is 0 Å². The molecule has 3 aromatic heterocycles. The summed E-state index contributed by atoms with van der Waals surface area (Å²) in [5.41, 5.74) is 10.5. The van der Waals surface area contributed by atoms with Gasteiger partial charge in [-0.25, -0.2) is 4.98 Å². The van der Waals surface area contributed by atoms with Crippen molar-refractivity contribution in [1.82, 2.24) is 14.1 Å². The minimum Gasteiger partial charge on any atom is -0.518 e. The molecule has 1 aliphatic heterocycles. The zero-order valence-corrected chi connectivity index (χ0v) is 26.1. The van der Waals surface area contributed by atoms with Crippen molar-refractivity contribution in [1.29, 1.82) is 0 Å². The summed E-state index contributed by atoms with van der Waals surface area (Å²) in [7, 11) is 0. The monoisotopic (exact) mass is 727 g/mol. The standard InChI is InChI=1S/C36H28N4O.Pt/c1-21-7-11-32-30(16-21)28-10-9-26(40-33-12-8-22(2)17-31(33)29-6-5-13-37-35(29)40)19-34(28)39(32)27-15-23(3)14-25(18-27)36-38-24(4)20-41-36;/h5-17,24H,20H2,1-4H3;/q-2;+2/t24-;/m1./s1. The van der Waals surface area contributed by atoms with Gasteiger partial charge in [-0.1, -0.05) is 53.0 Å². The van der Waals surface area contributed by atoms with Gasteiger partial charge in [0.15, 0.2) is 0 Å². The molecule has 1 aliphatic rings. The largest absolute Gasteiger partial charge is 2.00 e. The number of ether oxygens (including phenoxy) is 1. The third-order valence-electron chi connectivity index (χ3n) is 8.01. The first-order valence-electron chi connectivity index (χ1n) is 14.0. The normalized spacial score (nSPS) is 15.0. The van der Waals surface area contributed by atoms with Crippen LogP contribution >= 0.6 is 0 Å². The van der Waals surface area contributed by atoms with Crippen LogP contribution in [0.4, 0.5) is 0 Å². The average molecular weight is 728 g/mol. The van der Waals surface area contributed by atoms with E-state index in [0.29, 0.717) is 12.5 Å². The number of pyridine rings is 1. The maximum absolute atomic E-state index is 5.92. The molecule has 1 atom stereocenters. The van der Waals surface area contributed by atoms with Crippen LogP contribution in [-0.4, -0.2) is 32.7 Å². The van der Waals surface area contributed by atoms with E-state index in [9.17, 15) is 0 Å². The predicted molar refractivity (Wildman–Crippen MR) is 167 cm³/mol. The van der Waals surface area contributed by atoms with Crippen molar-refractivity contribution in [2.24, 2.45) is 4.99 Å². The second-order valence-corrected chi connectivity index (χ2v) is 11.2. The smallest absolute Gasteiger partial charge is 0.518 e. The molecule has 0 saturated heterocycles. The van der Waals surface area contributed by atoms with Gasteiger partial charge in [0.1, 0.15) is 11.5 Å². The second-order valence-electron chi connectivity index (χ2n) is 11.2. The summed E-state index contributed by atoms with van der Waals surface area (Å²) in [5.74, 6) is 0.662. The van der Waals surface area contributed by atoms with Gasteiger partial charge in [-0.05, 0) is 62.2 Å². The van der Waals surface area contributed by atoms with Gasteiger partial charge in [0.25, 0.3) is 0 Å². The number of benzene rings is 4. The molecule has 8 rings (SSSR count). The van der Waals surface area contributed by atoms with Gasteiger partial charge in [-0.15, -0.1) is 41.3 Å². The molecule has 0 bridgehead atoms. The van der Waals surface area contributed by atoms with E-state index >= 15 is 0 Å². The molecule has 5 nitrogen and oxygen atoms in total. The van der Waals surface area contributed by atoms with Crippen molar-refractivity contribution in [3.05, 3.63) is 113 Å². The summed E-state index contributed by atoms with van der Waals surface area (Å²) in [6.45, 7) is 9.05. The van der Waals surface area contributed by atoms with Crippen LogP contribution in [0.1, 0.15) is 29.2 Å². The van der Waals surface area contributed by atoms with E-state index in [0.717, 1.165) is 55.5 Å². The zero-order chi connectivity index (χ0) is 27.8. The Morgan fingerprint density at radius 3 is 2.21 bits per heavy atom. The number of nitrogens with zero attached hydrogens (tertiary/aromatic N) is 4. The van der Waals surface area contributed by atoms with Crippen molar-refractivity contribution in [2.75, 3.05) is 6.61 Å². The van der Waals surface area contributed by atoms with Gasteiger partial charge in [-0.3, -0.25) is 4.99 Å². The van der Waals surface area contributed by atoms with Gasteiger partial charge >= 0.3 is 21.1 Å². The van der Waals surface area contributed by atoms with Crippen LogP contribution in [0.5, 0.6) is 0 Å². The van der Waals surface area contributed by atoms with Crippen LogP contribution in [-0.2, 0) is 25.8 Å². The number of hydrogen-bond donors (Lipinski definition) is 0. The van der Waals surface area contributed by atoms with E-state index in [1.807, 2.05) is 12.3 Å². The van der Waals surface area contributed by atoms with E-state index in [-0.39, 0.29) is 27.1 Å². The van der Waals surface area contributed by atoms with Gasteiger partial charge in [0.2, 0.25) is 0 Å². The first kappa shape index (κ1) is 26.7. The summed E-state index contributed by atoms with van der Waals surface area (Å²) in [6.07, 6.45) is 1.86. The van der Waals surface area contributed by atoms with Gasteiger partial charge < -0.3 is 13.9 Å². The van der Waals surface area contributed by atoms with Crippen LogP contribution in [0, 0.1) is 32.9 Å². The molecule has 4 heterocycles. The number of hydrogen-bond acceptors (Lipinski definition) is 3. The van der Waals surface area contributed by atoms with Crippen molar-refractivity contribution < 1.29 is 25.8 Å². The number of fused-ring (bicyclic) bond motifs is 6. The molecule has 0 unspecified atom stereocenters. The number of aromatic nitrogens is 3. The fraction of sp³-hybridized carbons (Fsp3) is 0.167. The minimum atomic E-state index is 0. The molecular weight excluding hydrogens is 700 g/mol. The first-order valence-corrected chi connectivity index (χ1v) is 14.0. The fourth-order valence-corrected chi connectivity index (χ4v) is 6.18. The van der Waals surface area contributed by atoms with E-state index in [4.69, 9.17) is 14.7 Å². The Morgan fingerprint density at radius 2 is 1.48 bits per heavy atom. The first-order chi connectivity index (χ1) is 19.9. The van der Waals surface area contributed by atoms with Crippen molar-refractivity contribution in [2.45, 2.75) is 33.7 Å². The maximum Gasteiger partial charge on any atom is 2.00 e. The van der Waals surface area contributed by atoms with E-state index in [1.165, 1.54) is 21.9 Å². The van der Waals surface area contributed by atoms with Crippen LogP contribution in [0.2, 0.25) is 0 Å². The third kappa shape index (κ3) is 4.10. The molecule has 0 fully saturated rings. The number of aliphatic imine (C=N–C) groups is 1. The summed E-state index contributed by atoms with van der Waals surface area (Å²) in [5, 5.41) is 4.68. The van der Waals surface area contributed by atoms with Crippen molar-refractivity contribution in [3.8, 4) is 11.4 Å². The summed E-state index contributed by atoms with van der Waals surface area (Å²) in [4.78, 5) is 9.52. The number of aryl methyl sites for hydroxylation is 3. The quantitative estimate of drug-likeness (QED) is 0.174. The van der Waals surface area contributed by atoms with Crippen molar-refractivity contribution in [3.63, 3.8) is 0 Å². The number of rotatable bonds is 3. The van der Waals surface area contributed by atoms with Gasteiger partial charge in [0.05, 0.1) is 18.2 Å². The summed E-state index contributed by atoms with van der Waals surface area (Å²) in [6, 6.07) is 33.6. The van der Waals surface area contributed by atoms with Crippen LogP contribution in [0.15, 0.2) is 84.0 Å². The summed E-state index contributed by atoms with van der Waals surface area (Å²) < 4.78 is 10.4. The fourth-order valence-electron chi connectivity index (χ4n) is 6.18. The van der Waals surface area contributed by atoms with Crippen LogP contribution in [0.25, 0.3) is 55.1 Å². The molecule has 208 valence electrons. The molecule has 42 heavy (non-hydrogen) atoms. The summed E-state index contributed by atoms with van der Waals surface area (Å²) >= 11 is 0. The van der Waals surface area contributed by atoms with E-state index in [2.05, 4.69) is 116 Å². The Bertz CT molecular complexity index is 2220. The van der Waals surface area contributed by atoms with E-state index in [1.54, 1.807) is 0 Å². The third-order valence-corrected chi connectivity index (χ3v) is 8.01. The van der Waals surface area contributed by atoms with Gasteiger partial charge in [-0.2, -0.15) is 6.07 Å². The molecular formula is C36H28N4OPt. The molecule has 4 aromatic carbocycles. The van der Waals surface area contributed by atoms with Crippen molar-refractivity contribution >= 4 is 49.6 Å². The zero-order valence-electron chi connectivity index (χ0n) is 23.8. The molecule has 0 saturated carbocycles. The van der Waals surface area contributed by atoms with E-state index < -0.39 is 0 Å². The minimum absolute atomic E-state index is 0. The molecule has 0 aliphatic carbocycles. The molecule has 0 spiro atoms. The topological polar surface area (TPSA) is 44.3 Å². The average Bonchev–Trinajstić information content (AvgIpc) is 3.64. The van der Waals surface area contributed by atoms with Crippen LogP contribution in [0.3, 0.4) is 0 Å². The Hall–Kier alpha value is -4.21. The molecule has 0 N–H and O–H groups in total. The molecule has 0 radical (unpaired) electrons. The van der Waals surface area contributed by atoms with Gasteiger partial charge in [0, 0.05) is 22.5 Å². The molecule has 7 aromatic rings. The Labute approximate surface area is 258 Å². The second kappa shape index (κ2) is 9.96. The predicted octanol–water partition coefficient (Wildman–Crippen LogP) is 7.96. The Morgan fingerprint density at radius 1 is 0.738 bits per heavy atom. The molecule has 0 amide bonds. The Kier molecular flexibility index (Phi) is 6.32. The Balaban J connectivity index is 0.00000288. The molecule has 6 heteroatoms.